The first-order valence-corrected chi connectivity index (χ1v) is 7.05. The van der Waals surface area contributed by atoms with Crippen molar-refractivity contribution in [3.05, 3.63) is 35.4 Å². The fraction of sp³-hybridized carbons (Fsp3) is 0.571. The normalized spacial score (nSPS) is 13.7. The van der Waals surface area contributed by atoms with E-state index < -0.39 is 0 Å². The lowest BCUT2D eigenvalue weighted by molar-refractivity contribution is 0.554. The Morgan fingerprint density at radius 3 is 2.50 bits per heavy atom. The van der Waals surface area contributed by atoms with Crippen molar-refractivity contribution in [3.8, 4) is 0 Å². The Morgan fingerprint density at radius 1 is 1.28 bits per heavy atom. The summed E-state index contributed by atoms with van der Waals surface area (Å²) < 4.78 is 26.8. The lowest BCUT2D eigenvalue weighted by Crippen LogP contribution is -2.32. The zero-order valence-corrected chi connectivity index (χ0v) is 12.2. The molecule has 1 unspecified atom stereocenters. The molecule has 1 N–H and O–H groups in total. The van der Waals surface area contributed by atoms with Crippen LogP contribution in [0.5, 0.6) is 0 Å². The third kappa shape index (κ3) is 5.36. The smallest absolute Gasteiger partial charge is 0.126 e. The number of benzene rings is 1. The average Bonchev–Trinajstić information content (AvgIpc) is 2.27. The molecule has 18 heavy (non-hydrogen) atoms. The van der Waals surface area contributed by atoms with Crippen LogP contribution >= 0.6 is 11.8 Å². The van der Waals surface area contributed by atoms with Gasteiger partial charge in [-0.2, -0.15) is 11.8 Å². The Kier molecular flexibility index (Phi) is 5.60. The molecule has 0 aliphatic carbocycles. The maximum Gasteiger partial charge on any atom is 0.126 e. The van der Waals surface area contributed by atoms with Gasteiger partial charge in [0.2, 0.25) is 0 Å². The van der Waals surface area contributed by atoms with Crippen LogP contribution in [-0.4, -0.2) is 23.6 Å². The van der Waals surface area contributed by atoms with Crippen molar-refractivity contribution in [1.29, 1.82) is 0 Å². The predicted octanol–water partition coefficient (Wildman–Crippen LogP) is 3.63. The maximum atomic E-state index is 13.5. The molecule has 0 heterocycles. The number of likely N-dealkylation sites (N-methyl/N-ethyl adjacent to an activating group) is 1. The second-order valence-corrected chi connectivity index (χ2v) is 7.20. The Bertz CT molecular complexity index is 388. The molecule has 1 aromatic carbocycles. The SMILES string of the molecule is CNC(CSC(C)(C)C)Cc1cc(F)ccc1F. The van der Waals surface area contributed by atoms with Gasteiger partial charge in [-0.1, -0.05) is 20.8 Å². The van der Waals surface area contributed by atoms with Crippen LogP contribution in [0, 0.1) is 11.6 Å². The summed E-state index contributed by atoms with van der Waals surface area (Å²) in [6, 6.07) is 3.76. The highest BCUT2D eigenvalue weighted by molar-refractivity contribution is 8.00. The minimum atomic E-state index is -0.385. The quantitative estimate of drug-likeness (QED) is 0.879. The molecule has 1 aromatic rings. The number of nitrogens with one attached hydrogen (secondary N) is 1. The van der Waals surface area contributed by atoms with Gasteiger partial charge in [-0.15, -0.1) is 0 Å². The topological polar surface area (TPSA) is 12.0 Å². The zero-order chi connectivity index (χ0) is 13.8. The molecule has 0 bridgehead atoms. The standard InChI is InChI=1S/C14H21F2NS/c1-14(2,3)18-9-12(17-4)8-10-7-11(15)5-6-13(10)16/h5-7,12,17H,8-9H2,1-4H3. The van der Waals surface area contributed by atoms with Crippen molar-refractivity contribution in [2.24, 2.45) is 0 Å². The summed E-state index contributed by atoms with van der Waals surface area (Å²) >= 11 is 1.82. The van der Waals surface area contributed by atoms with Crippen molar-refractivity contribution >= 4 is 11.8 Å². The fourth-order valence-electron chi connectivity index (χ4n) is 1.56. The first kappa shape index (κ1) is 15.4. The van der Waals surface area contributed by atoms with E-state index in [1.54, 1.807) is 0 Å². The highest BCUT2D eigenvalue weighted by Crippen LogP contribution is 2.24. The molecule has 102 valence electrons. The predicted molar refractivity (Wildman–Crippen MR) is 75.1 cm³/mol. The van der Waals surface area contributed by atoms with Crippen LogP contribution in [0.2, 0.25) is 0 Å². The van der Waals surface area contributed by atoms with Crippen LogP contribution in [0.15, 0.2) is 18.2 Å². The van der Waals surface area contributed by atoms with Crippen LogP contribution in [0.3, 0.4) is 0 Å². The van der Waals surface area contributed by atoms with Gasteiger partial charge >= 0.3 is 0 Å². The number of thioether (sulfide) groups is 1. The Hall–Kier alpha value is -0.610. The maximum absolute atomic E-state index is 13.5. The minimum Gasteiger partial charge on any atom is -0.316 e. The summed E-state index contributed by atoms with van der Waals surface area (Å²) in [6.45, 7) is 6.44. The van der Waals surface area contributed by atoms with Gasteiger partial charge in [0.05, 0.1) is 0 Å². The van der Waals surface area contributed by atoms with E-state index in [0.717, 1.165) is 11.8 Å². The molecule has 0 aliphatic heterocycles. The van der Waals surface area contributed by atoms with E-state index in [1.165, 1.54) is 12.1 Å². The second-order valence-electron chi connectivity index (χ2n) is 5.35. The average molecular weight is 273 g/mol. The van der Waals surface area contributed by atoms with Crippen molar-refractivity contribution < 1.29 is 8.78 Å². The van der Waals surface area contributed by atoms with Crippen molar-refractivity contribution in [2.45, 2.75) is 38.0 Å². The molecule has 0 saturated heterocycles. The number of halogens is 2. The molecular formula is C14H21F2NS. The lowest BCUT2D eigenvalue weighted by Gasteiger charge is -2.23. The van der Waals surface area contributed by atoms with E-state index in [-0.39, 0.29) is 22.4 Å². The van der Waals surface area contributed by atoms with E-state index in [9.17, 15) is 8.78 Å². The molecular weight excluding hydrogens is 252 g/mol. The van der Waals surface area contributed by atoms with Crippen molar-refractivity contribution in [2.75, 3.05) is 12.8 Å². The summed E-state index contributed by atoms with van der Waals surface area (Å²) in [5, 5.41) is 3.16. The van der Waals surface area contributed by atoms with Gasteiger partial charge in [-0.05, 0) is 37.2 Å². The number of hydrogen-bond acceptors (Lipinski definition) is 2. The van der Waals surface area contributed by atoms with Gasteiger partial charge < -0.3 is 5.32 Å². The van der Waals surface area contributed by atoms with Gasteiger partial charge in [0, 0.05) is 16.5 Å². The molecule has 0 saturated carbocycles. The largest absolute Gasteiger partial charge is 0.316 e. The van der Waals surface area contributed by atoms with Gasteiger partial charge in [0.15, 0.2) is 0 Å². The van der Waals surface area contributed by atoms with E-state index in [4.69, 9.17) is 0 Å². The zero-order valence-electron chi connectivity index (χ0n) is 11.4. The van der Waals surface area contributed by atoms with Gasteiger partial charge in [0.1, 0.15) is 11.6 Å². The van der Waals surface area contributed by atoms with Crippen molar-refractivity contribution in [1.82, 2.24) is 5.32 Å². The van der Waals surface area contributed by atoms with Crippen LogP contribution in [0.1, 0.15) is 26.3 Å². The Balaban J connectivity index is 2.65. The molecule has 1 atom stereocenters. The molecule has 0 radical (unpaired) electrons. The third-order valence-electron chi connectivity index (χ3n) is 2.60. The molecule has 1 rings (SSSR count). The van der Waals surface area contributed by atoms with E-state index in [2.05, 4.69) is 26.1 Å². The van der Waals surface area contributed by atoms with Crippen LogP contribution in [-0.2, 0) is 6.42 Å². The molecule has 0 aliphatic rings. The summed E-state index contributed by atoms with van der Waals surface area (Å²) in [7, 11) is 1.85. The number of rotatable bonds is 5. The van der Waals surface area contributed by atoms with E-state index in [0.29, 0.717) is 12.0 Å². The van der Waals surface area contributed by atoms with Crippen LogP contribution < -0.4 is 5.32 Å². The Labute approximate surface area is 112 Å². The second kappa shape index (κ2) is 6.53. The summed E-state index contributed by atoms with van der Waals surface area (Å²) in [5.74, 6) is 0.151. The van der Waals surface area contributed by atoms with Crippen molar-refractivity contribution in [3.63, 3.8) is 0 Å². The first-order chi connectivity index (χ1) is 8.31. The summed E-state index contributed by atoms with van der Waals surface area (Å²) in [4.78, 5) is 0. The first-order valence-electron chi connectivity index (χ1n) is 6.07. The summed E-state index contributed by atoms with van der Waals surface area (Å²) in [5.41, 5.74) is 0.434. The van der Waals surface area contributed by atoms with E-state index in [1.807, 2.05) is 18.8 Å². The summed E-state index contributed by atoms with van der Waals surface area (Å²) in [6.07, 6.45) is 0.503. The molecule has 4 heteroatoms. The van der Waals surface area contributed by atoms with Crippen LogP contribution in [0.4, 0.5) is 8.78 Å². The molecule has 0 spiro atoms. The fourth-order valence-corrected chi connectivity index (χ4v) is 2.55. The number of hydrogen-bond donors (Lipinski definition) is 1. The molecule has 0 amide bonds. The lowest BCUT2D eigenvalue weighted by atomic mass is 10.1. The molecule has 0 fully saturated rings. The minimum absolute atomic E-state index is 0.144. The van der Waals surface area contributed by atoms with Crippen LogP contribution in [0.25, 0.3) is 0 Å². The highest BCUT2D eigenvalue weighted by Gasteiger charge is 2.16. The van der Waals surface area contributed by atoms with Gasteiger partial charge in [-0.25, -0.2) is 8.78 Å². The van der Waals surface area contributed by atoms with Gasteiger partial charge in [0.25, 0.3) is 0 Å². The Morgan fingerprint density at radius 2 is 1.94 bits per heavy atom. The highest BCUT2D eigenvalue weighted by atomic mass is 32.2. The molecule has 0 aromatic heterocycles. The monoisotopic (exact) mass is 273 g/mol. The molecule has 1 nitrogen and oxygen atoms in total. The third-order valence-corrected chi connectivity index (χ3v) is 4.03. The van der Waals surface area contributed by atoms with Gasteiger partial charge in [-0.3, -0.25) is 0 Å². The van der Waals surface area contributed by atoms with E-state index >= 15 is 0 Å².